The number of nitrogens with zero attached hydrogens (tertiary/aromatic N) is 2. The van der Waals surface area contributed by atoms with Crippen molar-refractivity contribution in [2.45, 2.75) is 12.0 Å². The van der Waals surface area contributed by atoms with E-state index in [0.29, 0.717) is 18.0 Å². The second-order valence-corrected chi connectivity index (χ2v) is 6.72. The fourth-order valence-corrected chi connectivity index (χ4v) is 3.14. The zero-order chi connectivity index (χ0) is 20.9. The number of amides is 2. The molecule has 154 valence electrons. The smallest absolute Gasteiger partial charge is 0.272 e. The largest absolute Gasteiger partial charge is 0.497 e. The molecule has 3 rings (SSSR count). The summed E-state index contributed by atoms with van der Waals surface area (Å²) in [5.74, 6) is -0.360. The number of carbonyl (C=O) groups excluding carboxylic acids is 2. The lowest BCUT2D eigenvalue weighted by molar-refractivity contribution is -0.142. The number of carbonyl (C=O) groups is 2. The summed E-state index contributed by atoms with van der Waals surface area (Å²) in [4.78, 5) is 30.2. The number of rotatable bonds is 7. The number of hydrogen-bond donors (Lipinski definition) is 1. The lowest BCUT2D eigenvalue weighted by Gasteiger charge is -2.41. The number of morpholine rings is 1. The lowest BCUT2D eigenvalue weighted by Crippen LogP contribution is -2.58. The van der Waals surface area contributed by atoms with E-state index >= 15 is 0 Å². The summed E-state index contributed by atoms with van der Waals surface area (Å²) < 4.78 is 29.8. The Morgan fingerprint density at radius 2 is 2.03 bits per heavy atom. The lowest BCUT2D eigenvalue weighted by atomic mass is 9.97. The Morgan fingerprint density at radius 3 is 2.72 bits per heavy atom. The molecule has 1 unspecified atom stereocenters. The Kier molecular flexibility index (Phi) is 6.28. The molecule has 0 saturated carbocycles. The maximum atomic E-state index is 13.1. The number of benzene rings is 1. The summed E-state index contributed by atoms with van der Waals surface area (Å²) in [6, 6.07) is 8.66. The Hall–Kier alpha value is -3.20. The van der Waals surface area contributed by atoms with Crippen molar-refractivity contribution in [1.29, 1.82) is 0 Å². The monoisotopic (exact) mass is 403 g/mol. The van der Waals surface area contributed by atoms with Crippen LogP contribution in [0.4, 0.5) is 4.39 Å². The quantitative estimate of drug-likeness (QED) is 0.749. The first-order valence-electron chi connectivity index (χ1n) is 9.01. The van der Waals surface area contributed by atoms with Crippen LogP contribution in [0.5, 0.6) is 11.5 Å². The number of halogens is 1. The molecule has 2 heterocycles. The van der Waals surface area contributed by atoms with Crippen LogP contribution in [0.1, 0.15) is 16.9 Å². The Bertz CT molecular complexity index is 877. The Morgan fingerprint density at radius 1 is 1.28 bits per heavy atom. The number of pyridine rings is 1. The first-order valence-corrected chi connectivity index (χ1v) is 9.01. The fourth-order valence-electron chi connectivity index (χ4n) is 3.14. The van der Waals surface area contributed by atoms with Gasteiger partial charge in [0.2, 0.25) is 5.91 Å². The van der Waals surface area contributed by atoms with E-state index in [1.165, 1.54) is 37.6 Å². The van der Waals surface area contributed by atoms with Crippen LogP contribution in [0.2, 0.25) is 0 Å². The van der Waals surface area contributed by atoms with Crippen molar-refractivity contribution >= 4 is 11.8 Å². The van der Waals surface area contributed by atoms with Gasteiger partial charge in [-0.3, -0.25) is 14.6 Å². The molecule has 2 amide bonds. The number of primary amides is 1. The highest BCUT2D eigenvalue weighted by Gasteiger charge is 2.41. The van der Waals surface area contributed by atoms with Gasteiger partial charge in [0.1, 0.15) is 35.2 Å². The third-order valence-electron chi connectivity index (χ3n) is 4.53. The van der Waals surface area contributed by atoms with Crippen molar-refractivity contribution < 1.29 is 28.2 Å². The van der Waals surface area contributed by atoms with E-state index < -0.39 is 11.5 Å². The van der Waals surface area contributed by atoms with Gasteiger partial charge in [0.25, 0.3) is 5.91 Å². The van der Waals surface area contributed by atoms with Crippen LogP contribution in [0.25, 0.3) is 0 Å². The molecule has 1 aliphatic heterocycles. The van der Waals surface area contributed by atoms with Crippen molar-refractivity contribution in [1.82, 2.24) is 9.88 Å². The van der Waals surface area contributed by atoms with Crippen LogP contribution in [-0.2, 0) is 9.53 Å². The molecule has 0 aliphatic carbocycles. The van der Waals surface area contributed by atoms with E-state index in [1.807, 2.05) is 0 Å². The van der Waals surface area contributed by atoms with Gasteiger partial charge in [-0.15, -0.1) is 0 Å². The van der Waals surface area contributed by atoms with Gasteiger partial charge >= 0.3 is 0 Å². The molecule has 1 aliphatic rings. The molecule has 2 N–H and O–H groups in total. The number of nitrogens with two attached hydrogens (primary N) is 1. The van der Waals surface area contributed by atoms with E-state index in [9.17, 15) is 14.0 Å². The van der Waals surface area contributed by atoms with Gasteiger partial charge in [-0.2, -0.15) is 0 Å². The number of hydrogen-bond acceptors (Lipinski definition) is 6. The minimum Gasteiger partial charge on any atom is -0.497 e. The highest BCUT2D eigenvalue weighted by molar-refractivity contribution is 5.92. The third kappa shape index (κ3) is 5.20. The van der Waals surface area contributed by atoms with Crippen molar-refractivity contribution in [3.05, 3.63) is 54.1 Å². The summed E-state index contributed by atoms with van der Waals surface area (Å²) >= 11 is 0. The zero-order valence-electron chi connectivity index (χ0n) is 16.0. The molecule has 8 nitrogen and oxygen atoms in total. The number of aromatic nitrogens is 1. The van der Waals surface area contributed by atoms with Crippen molar-refractivity contribution in [2.24, 2.45) is 5.73 Å². The van der Waals surface area contributed by atoms with Gasteiger partial charge in [-0.05, 0) is 30.3 Å². The van der Waals surface area contributed by atoms with Crippen LogP contribution in [-0.4, -0.2) is 60.7 Å². The van der Waals surface area contributed by atoms with Crippen LogP contribution in [0, 0.1) is 5.82 Å². The molecule has 29 heavy (non-hydrogen) atoms. The molecule has 0 spiro atoms. The minimum atomic E-state index is -1.12. The second kappa shape index (κ2) is 8.87. The molecular weight excluding hydrogens is 381 g/mol. The van der Waals surface area contributed by atoms with E-state index in [2.05, 4.69) is 4.98 Å². The maximum absolute atomic E-state index is 13.1. The predicted molar refractivity (Wildman–Crippen MR) is 101 cm³/mol. The Balaban J connectivity index is 1.76. The van der Waals surface area contributed by atoms with Gasteiger partial charge in [0, 0.05) is 18.8 Å². The summed E-state index contributed by atoms with van der Waals surface area (Å²) in [5.41, 5.74) is 4.51. The molecule has 0 radical (unpaired) electrons. The van der Waals surface area contributed by atoms with Gasteiger partial charge in [0.15, 0.2) is 0 Å². The third-order valence-corrected chi connectivity index (χ3v) is 4.53. The minimum absolute atomic E-state index is 0.0309. The summed E-state index contributed by atoms with van der Waals surface area (Å²) in [6.07, 6.45) is 1.35. The molecular formula is C20H22FN3O5. The zero-order valence-corrected chi connectivity index (χ0v) is 16.0. The first-order chi connectivity index (χ1) is 13.9. The molecule has 1 aromatic heterocycles. The highest BCUT2D eigenvalue weighted by atomic mass is 19.1. The van der Waals surface area contributed by atoms with Gasteiger partial charge in [-0.1, -0.05) is 0 Å². The van der Waals surface area contributed by atoms with E-state index in [1.54, 1.807) is 17.0 Å². The van der Waals surface area contributed by atoms with Gasteiger partial charge < -0.3 is 24.8 Å². The van der Waals surface area contributed by atoms with E-state index in [0.717, 1.165) is 0 Å². The SMILES string of the molecule is COc1ccnc(C(=O)N2CCOC(COc3ccc(F)cc3)(CC(N)=O)C2)c1. The van der Waals surface area contributed by atoms with E-state index in [-0.39, 0.29) is 43.6 Å². The van der Waals surface area contributed by atoms with Crippen molar-refractivity contribution in [2.75, 3.05) is 33.4 Å². The number of ether oxygens (including phenoxy) is 3. The standard InChI is InChI=1S/C20H22FN3O5/c1-27-16-6-7-23-17(10-16)19(26)24-8-9-29-20(12-24,11-18(22)25)13-28-15-4-2-14(21)3-5-15/h2-7,10H,8-9,11-13H2,1H3,(H2,22,25). The van der Waals surface area contributed by atoms with Crippen molar-refractivity contribution in [3.63, 3.8) is 0 Å². The van der Waals surface area contributed by atoms with E-state index in [4.69, 9.17) is 19.9 Å². The molecule has 1 saturated heterocycles. The predicted octanol–water partition coefficient (Wildman–Crippen LogP) is 1.39. The molecule has 9 heteroatoms. The molecule has 1 atom stereocenters. The Labute approximate surface area is 167 Å². The molecule has 1 aromatic carbocycles. The van der Waals surface area contributed by atoms with Crippen LogP contribution in [0.15, 0.2) is 42.6 Å². The normalized spacial score (nSPS) is 18.9. The van der Waals surface area contributed by atoms with Crippen molar-refractivity contribution in [3.8, 4) is 11.5 Å². The maximum Gasteiger partial charge on any atom is 0.272 e. The summed E-state index contributed by atoms with van der Waals surface area (Å²) in [6.45, 7) is 0.594. The molecule has 0 bridgehead atoms. The molecule has 2 aromatic rings. The average Bonchev–Trinajstić information content (AvgIpc) is 2.72. The number of methoxy groups -OCH3 is 1. The second-order valence-electron chi connectivity index (χ2n) is 6.72. The summed E-state index contributed by atoms with van der Waals surface area (Å²) in [7, 11) is 1.50. The average molecular weight is 403 g/mol. The van der Waals surface area contributed by atoms with Crippen LogP contribution in [0.3, 0.4) is 0 Å². The van der Waals surface area contributed by atoms with Crippen LogP contribution >= 0.6 is 0 Å². The highest BCUT2D eigenvalue weighted by Crippen LogP contribution is 2.25. The van der Waals surface area contributed by atoms with Gasteiger partial charge in [0.05, 0.1) is 26.7 Å². The summed E-state index contributed by atoms with van der Waals surface area (Å²) in [5, 5.41) is 0. The van der Waals surface area contributed by atoms with Gasteiger partial charge in [-0.25, -0.2) is 4.39 Å². The fraction of sp³-hybridized carbons (Fsp3) is 0.350. The molecule has 1 fully saturated rings. The topological polar surface area (TPSA) is 104 Å². The van der Waals surface area contributed by atoms with Crippen LogP contribution < -0.4 is 15.2 Å². The first kappa shape index (κ1) is 20.5.